The number of pyridine rings is 1. The molecule has 0 unspecified atom stereocenters. The highest BCUT2D eigenvalue weighted by atomic mass is 16.4. The summed E-state index contributed by atoms with van der Waals surface area (Å²) in [5.74, 6) is 0.242. The monoisotopic (exact) mass is 191 g/mol. The second kappa shape index (κ2) is 3.75. The molecule has 1 amide bonds. The number of nitrogens with one attached hydrogen (secondary N) is 1. The standard InChI is InChI=1S/C9H9N3O2/c1-5-3-8(12-9(13)14)11-6(2)7(5)4-10/h3H,1-2H3,(H,11,12)(H,13,14). The quantitative estimate of drug-likeness (QED) is 0.706. The highest BCUT2D eigenvalue weighted by Crippen LogP contribution is 2.14. The zero-order valence-corrected chi connectivity index (χ0v) is 7.83. The van der Waals surface area contributed by atoms with Gasteiger partial charge in [-0.1, -0.05) is 0 Å². The molecule has 5 nitrogen and oxygen atoms in total. The van der Waals surface area contributed by atoms with Crippen LogP contribution in [-0.4, -0.2) is 16.2 Å². The van der Waals surface area contributed by atoms with Crippen LogP contribution in [0.3, 0.4) is 0 Å². The van der Waals surface area contributed by atoms with Crippen LogP contribution in [0.25, 0.3) is 0 Å². The van der Waals surface area contributed by atoms with E-state index in [2.05, 4.69) is 10.3 Å². The smallest absolute Gasteiger partial charge is 0.410 e. The number of nitrogens with zero attached hydrogens (tertiary/aromatic N) is 2. The van der Waals surface area contributed by atoms with Crippen LogP contribution < -0.4 is 5.32 Å². The van der Waals surface area contributed by atoms with E-state index in [1.165, 1.54) is 6.07 Å². The molecule has 2 N–H and O–H groups in total. The lowest BCUT2D eigenvalue weighted by Gasteiger charge is -2.05. The average Bonchev–Trinajstić information content (AvgIpc) is 2.01. The molecular formula is C9H9N3O2. The molecule has 5 heteroatoms. The molecule has 0 saturated heterocycles. The Bertz CT molecular complexity index is 398. The molecule has 72 valence electrons. The number of hydrogen-bond acceptors (Lipinski definition) is 3. The van der Waals surface area contributed by atoms with Crippen molar-refractivity contribution in [3.63, 3.8) is 0 Å². The van der Waals surface area contributed by atoms with Crippen LogP contribution in [0.4, 0.5) is 10.6 Å². The number of aromatic nitrogens is 1. The summed E-state index contributed by atoms with van der Waals surface area (Å²) >= 11 is 0. The van der Waals surface area contributed by atoms with Gasteiger partial charge in [-0.2, -0.15) is 5.26 Å². The Kier molecular flexibility index (Phi) is 2.67. The van der Waals surface area contributed by atoms with Gasteiger partial charge in [-0.05, 0) is 25.5 Å². The average molecular weight is 191 g/mol. The first-order valence-electron chi connectivity index (χ1n) is 3.93. The number of carbonyl (C=O) groups is 1. The predicted octanol–water partition coefficient (Wildman–Crippen LogP) is 1.66. The number of hydrogen-bond donors (Lipinski definition) is 2. The topological polar surface area (TPSA) is 86.0 Å². The van der Waals surface area contributed by atoms with Gasteiger partial charge in [-0.15, -0.1) is 0 Å². The molecule has 0 aliphatic carbocycles. The molecule has 0 aromatic carbocycles. The van der Waals surface area contributed by atoms with Gasteiger partial charge in [0.2, 0.25) is 0 Å². The van der Waals surface area contributed by atoms with E-state index in [0.717, 1.165) is 0 Å². The van der Waals surface area contributed by atoms with Gasteiger partial charge < -0.3 is 5.11 Å². The third kappa shape index (κ3) is 1.98. The summed E-state index contributed by atoms with van der Waals surface area (Å²) in [4.78, 5) is 14.3. The van der Waals surface area contributed by atoms with E-state index < -0.39 is 6.09 Å². The maximum Gasteiger partial charge on any atom is 0.410 e. The second-order valence-corrected chi connectivity index (χ2v) is 2.83. The summed E-state index contributed by atoms with van der Waals surface area (Å²) in [5, 5.41) is 19.3. The molecule has 0 aliphatic rings. The Balaban J connectivity index is 3.15. The van der Waals surface area contributed by atoms with Gasteiger partial charge in [-0.25, -0.2) is 9.78 Å². The van der Waals surface area contributed by atoms with Crippen molar-refractivity contribution in [2.45, 2.75) is 13.8 Å². The van der Waals surface area contributed by atoms with Gasteiger partial charge in [0.05, 0.1) is 11.3 Å². The van der Waals surface area contributed by atoms with E-state index >= 15 is 0 Å². The lowest BCUT2D eigenvalue weighted by atomic mass is 10.1. The molecule has 0 aliphatic heterocycles. The van der Waals surface area contributed by atoms with Crippen LogP contribution in [0.1, 0.15) is 16.8 Å². The number of nitriles is 1. The van der Waals surface area contributed by atoms with Gasteiger partial charge in [0.25, 0.3) is 0 Å². The Hall–Kier alpha value is -2.09. The molecule has 1 aromatic heterocycles. The van der Waals surface area contributed by atoms with Gasteiger partial charge in [0.1, 0.15) is 11.9 Å². The van der Waals surface area contributed by atoms with E-state index in [-0.39, 0.29) is 5.82 Å². The van der Waals surface area contributed by atoms with E-state index in [9.17, 15) is 4.79 Å². The summed E-state index contributed by atoms with van der Waals surface area (Å²) in [6.45, 7) is 3.40. The lowest BCUT2D eigenvalue weighted by Crippen LogP contribution is -2.10. The summed E-state index contributed by atoms with van der Waals surface area (Å²) in [6, 6.07) is 3.53. The fourth-order valence-corrected chi connectivity index (χ4v) is 1.17. The zero-order valence-electron chi connectivity index (χ0n) is 7.83. The number of anilines is 1. The maximum atomic E-state index is 10.3. The summed E-state index contributed by atoms with van der Waals surface area (Å²) in [7, 11) is 0. The molecular weight excluding hydrogens is 182 g/mol. The fourth-order valence-electron chi connectivity index (χ4n) is 1.17. The number of aryl methyl sites for hydroxylation is 2. The van der Waals surface area contributed by atoms with Crippen LogP contribution in [0.5, 0.6) is 0 Å². The van der Waals surface area contributed by atoms with Crippen molar-refractivity contribution in [1.29, 1.82) is 5.26 Å². The van der Waals surface area contributed by atoms with E-state index in [1.807, 2.05) is 6.07 Å². The normalized spacial score (nSPS) is 9.21. The summed E-state index contributed by atoms with van der Waals surface area (Å²) < 4.78 is 0. The third-order valence-electron chi connectivity index (χ3n) is 1.74. The molecule has 0 saturated carbocycles. The van der Waals surface area contributed by atoms with Gasteiger partial charge in [0, 0.05) is 0 Å². The van der Waals surface area contributed by atoms with Crippen LogP contribution in [0.15, 0.2) is 6.07 Å². The van der Waals surface area contributed by atoms with Crippen LogP contribution >= 0.6 is 0 Å². The van der Waals surface area contributed by atoms with Crippen molar-refractivity contribution < 1.29 is 9.90 Å². The third-order valence-corrected chi connectivity index (χ3v) is 1.74. The van der Waals surface area contributed by atoms with E-state index in [1.54, 1.807) is 13.8 Å². The van der Waals surface area contributed by atoms with Gasteiger partial charge in [-0.3, -0.25) is 5.32 Å². The van der Waals surface area contributed by atoms with Gasteiger partial charge >= 0.3 is 6.09 Å². The number of carboxylic acid groups (broad SMARTS) is 1. The first-order chi connectivity index (χ1) is 6.54. The zero-order chi connectivity index (χ0) is 10.7. The Morgan fingerprint density at radius 2 is 2.29 bits per heavy atom. The Morgan fingerprint density at radius 3 is 2.71 bits per heavy atom. The Labute approximate surface area is 81.0 Å². The molecule has 0 spiro atoms. The fraction of sp³-hybridized carbons (Fsp3) is 0.222. The van der Waals surface area contributed by atoms with E-state index in [4.69, 9.17) is 10.4 Å². The molecule has 14 heavy (non-hydrogen) atoms. The SMILES string of the molecule is Cc1cc(NC(=O)O)nc(C)c1C#N. The predicted molar refractivity (Wildman–Crippen MR) is 50.1 cm³/mol. The molecule has 1 aromatic rings. The summed E-state index contributed by atoms with van der Waals surface area (Å²) in [6.07, 6.45) is -1.17. The minimum atomic E-state index is -1.17. The number of rotatable bonds is 1. The van der Waals surface area contributed by atoms with Crippen molar-refractivity contribution >= 4 is 11.9 Å². The van der Waals surface area contributed by atoms with Crippen molar-refractivity contribution in [2.75, 3.05) is 5.32 Å². The molecule has 1 rings (SSSR count). The first kappa shape index (κ1) is 9.99. The second-order valence-electron chi connectivity index (χ2n) is 2.83. The lowest BCUT2D eigenvalue weighted by molar-refractivity contribution is 0.209. The van der Waals surface area contributed by atoms with Crippen LogP contribution in [0, 0.1) is 25.2 Å². The Morgan fingerprint density at radius 1 is 1.64 bits per heavy atom. The van der Waals surface area contributed by atoms with Crippen molar-refractivity contribution in [3.8, 4) is 6.07 Å². The van der Waals surface area contributed by atoms with Crippen molar-refractivity contribution in [1.82, 2.24) is 4.98 Å². The molecule has 0 bridgehead atoms. The van der Waals surface area contributed by atoms with Crippen LogP contribution in [0.2, 0.25) is 0 Å². The largest absolute Gasteiger partial charge is 0.465 e. The van der Waals surface area contributed by atoms with Crippen LogP contribution in [-0.2, 0) is 0 Å². The van der Waals surface area contributed by atoms with Crippen molar-refractivity contribution in [3.05, 3.63) is 22.9 Å². The molecule has 1 heterocycles. The highest BCUT2D eigenvalue weighted by molar-refractivity contribution is 5.81. The first-order valence-corrected chi connectivity index (χ1v) is 3.93. The summed E-state index contributed by atoms with van der Waals surface area (Å²) in [5.41, 5.74) is 1.72. The minimum absolute atomic E-state index is 0.242. The van der Waals surface area contributed by atoms with Crippen molar-refractivity contribution in [2.24, 2.45) is 0 Å². The van der Waals surface area contributed by atoms with E-state index in [0.29, 0.717) is 16.8 Å². The molecule has 0 radical (unpaired) electrons. The maximum absolute atomic E-state index is 10.3. The molecule has 0 fully saturated rings. The number of amides is 1. The highest BCUT2D eigenvalue weighted by Gasteiger charge is 2.07. The molecule has 0 atom stereocenters. The minimum Gasteiger partial charge on any atom is -0.465 e. The van der Waals surface area contributed by atoms with Gasteiger partial charge in [0.15, 0.2) is 0 Å².